The normalized spacial score (nSPS) is 13.2. The summed E-state index contributed by atoms with van der Waals surface area (Å²) in [6.07, 6.45) is 25.7. The van der Waals surface area contributed by atoms with Gasteiger partial charge >= 0.3 is 19.7 Å². The molecule has 2 atom stereocenters. The molecule has 52 heavy (non-hydrogen) atoms. The molecule has 0 aliphatic heterocycles. The van der Waals surface area contributed by atoms with Crippen molar-refractivity contribution in [3.8, 4) is 5.75 Å². The minimum Gasteiger partial charge on any atom is -0.462 e. The van der Waals surface area contributed by atoms with Crippen LogP contribution in [0.1, 0.15) is 168 Å². The van der Waals surface area contributed by atoms with Crippen LogP contribution in [-0.2, 0) is 28.2 Å². The Kier molecular flexibility index (Phi) is 32.0. The van der Waals surface area contributed by atoms with E-state index in [9.17, 15) is 14.2 Å². The molecule has 0 aliphatic carbocycles. The largest absolute Gasteiger partial charge is 0.462 e. The molecule has 0 saturated heterocycles. The molecule has 8 nitrogen and oxygen atoms in total. The molecule has 302 valence electrons. The third-order valence-electron chi connectivity index (χ3n) is 9.12. The average molecular weight is 793 g/mol. The van der Waals surface area contributed by atoms with Gasteiger partial charge in [0.25, 0.3) is 0 Å². The number of ether oxygens (including phenoxy) is 2. The summed E-state index contributed by atoms with van der Waals surface area (Å²) in [6, 6.07) is 8.71. The average Bonchev–Trinajstić information content (AvgIpc) is 3.14. The van der Waals surface area contributed by atoms with E-state index in [1.165, 1.54) is 107 Å². The van der Waals surface area contributed by atoms with Crippen LogP contribution in [-0.4, -0.2) is 60.8 Å². The maximum atomic E-state index is 14.2. The van der Waals surface area contributed by atoms with Gasteiger partial charge in [-0.1, -0.05) is 160 Å². The molecule has 0 saturated carbocycles. The fourth-order valence-electron chi connectivity index (χ4n) is 6.00. The third kappa shape index (κ3) is 26.5. The third-order valence-corrected chi connectivity index (χ3v) is 11.5. The minimum absolute atomic E-state index is 0.177. The van der Waals surface area contributed by atoms with Gasteiger partial charge in [-0.15, -0.1) is 23.2 Å². The quantitative estimate of drug-likeness (QED) is 0.0285. The molecule has 0 aromatic heterocycles. The lowest BCUT2D eigenvalue weighted by molar-refractivity contribution is -0.161. The summed E-state index contributed by atoms with van der Waals surface area (Å²) >= 11 is 12.1. The number of carbonyl (C=O) groups is 2. The van der Waals surface area contributed by atoms with Gasteiger partial charge in [-0.05, 0) is 25.0 Å². The summed E-state index contributed by atoms with van der Waals surface area (Å²) in [6.45, 7) is 4.40. The van der Waals surface area contributed by atoms with Crippen molar-refractivity contribution in [1.82, 2.24) is 4.67 Å². The zero-order chi connectivity index (χ0) is 38.0. The molecule has 0 heterocycles. The van der Waals surface area contributed by atoms with E-state index in [-0.39, 0.29) is 50.5 Å². The molecule has 0 spiro atoms. The lowest BCUT2D eigenvalue weighted by Crippen LogP contribution is -2.33. The number of halogens is 2. The Morgan fingerprint density at radius 2 is 1.04 bits per heavy atom. The summed E-state index contributed by atoms with van der Waals surface area (Å²) in [7, 11) is -3.99. The highest BCUT2D eigenvalue weighted by Gasteiger charge is 2.36. The molecule has 0 aliphatic rings. The number of hydrogen-bond acceptors (Lipinski definition) is 7. The van der Waals surface area contributed by atoms with Crippen LogP contribution in [0.5, 0.6) is 5.75 Å². The van der Waals surface area contributed by atoms with Crippen LogP contribution >= 0.6 is 30.9 Å². The SMILES string of the molecule is CCCCCCCCCCCCCC(=O)OC[C@H](CO[P@@](=O)(Oc1ccccc1)N(CCCl)CCCl)OC(=O)CCCCCCCCCCCCC. The molecule has 0 fully saturated rings. The molecule has 1 aromatic carbocycles. The Balaban J connectivity index is 2.67. The number of unbranched alkanes of at least 4 members (excludes halogenated alkanes) is 20. The topological polar surface area (TPSA) is 91.4 Å². The molecule has 0 amide bonds. The Bertz CT molecular complexity index is 1030. The van der Waals surface area contributed by atoms with Crippen molar-refractivity contribution < 1.29 is 32.7 Å². The van der Waals surface area contributed by atoms with Gasteiger partial charge in [-0.2, -0.15) is 4.67 Å². The zero-order valence-corrected chi connectivity index (χ0v) is 35.1. The van der Waals surface area contributed by atoms with E-state index in [0.717, 1.165) is 38.5 Å². The first-order valence-electron chi connectivity index (χ1n) is 20.6. The van der Waals surface area contributed by atoms with Gasteiger partial charge in [0.1, 0.15) is 12.4 Å². The first-order valence-corrected chi connectivity index (χ1v) is 23.2. The van der Waals surface area contributed by atoms with Crippen molar-refractivity contribution in [2.24, 2.45) is 0 Å². The molecule has 0 N–H and O–H groups in total. The summed E-state index contributed by atoms with van der Waals surface area (Å²) in [5, 5.41) is 0. The molecule has 0 unspecified atom stereocenters. The highest BCUT2D eigenvalue weighted by atomic mass is 35.5. The van der Waals surface area contributed by atoms with Crippen molar-refractivity contribution in [2.75, 3.05) is 38.1 Å². The smallest absolute Gasteiger partial charge is 0.461 e. The van der Waals surface area contributed by atoms with E-state index in [2.05, 4.69) is 13.8 Å². The lowest BCUT2D eigenvalue weighted by Gasteiger charge is -2.30. The van der Waals surface area contributed by atoms with E-state index in [0.29, 0.717) is 12.2 Å². The van der Waals surface area contributed by atoms with Crippen LogP contribution in [0.3, 0.4) is 0 Å². The van der Waals surface area contributed by atoms with Crippen molar-refractivity contribution in [1.29, 1.82) is 0 Å². The van der Waals surface area contributed by atoms with Crippen molar-refractivity contribution in [2.45, 2.75) is 174 Å². The van der Waals surface area contributed by atoms with E-state index >= 15 is 0 Å². The Labute approximate surface area is 327 Å². The molecule has 11 heteroatoms. The van der Waals surface area contributed by atoms with Gasteiger partial charge in [-0.3, -0.25) is 14.1 Å². The van der Waals surface area contributed by atoms with Gasteiger partial charge < -0.3 is 14.0 Å². The fraction of sp³-hybridized carbons (Fsp3) is 0.805. The second-order valence-corrected chi connectivity index (χ2v) is 16.6. The van der Waals surface area contributed by atoms with E-state index in [1.54, 1.807) is 24.3 Å². The summed E-state index contributed by atoms with van der Waals surface area (Å²) < 4.78 is 38.9. The molecule has 0 radical (unpaired) electrons. The first-order chi connectivity index (χ1) is 25.4. The maximum Gasteiger partial charge on any atom is 0.461 e. The molecule has 0 bridgehead atoms. The molecular formula is C41H72Cl2NO7P. The maximum absolute atomic E-state index is 14.2. The first kappa shape index (κ1) is 48.7. The fourth-order valence-corrected chi connectivity index (χ4v) is 8.40. The molecule has 1 rings (SSSR count). The van der Waals surface area contributed by atoms with Crippen LogP contribution in [0.4, 0.5) is 0 Å². The predicted octanol–water partition coefficient (Wildman–Crippen LogP) is 12.8. The van der Waals surface area contributed by atoms with Crippen LogP contribution in [0.2, 0.25) is 0 Å². The highest BCUT2D eigenvalue weighted by Crippen LogP contribution is 2.52. The molecule has 1 aromatic rings. The zero-order valence-electron chi connectivity index (χ0n) is 32.7. The Hall–Kier alpha value is -1.31. The number of benzene rings is 1. The highest BCUT2D eigenvalue weighted by molar-refractivity contribution is 7.51. The van der Waals surface area contributed by atoms with Crippen LogP contribution in [0.25, 0.3) is 0 Å². The van der Waals surface area contributed by atoms with Crippen molar-refractivity contribution in [3.63, 3.8) is 0 Å². The van der Waals surface area contributed by atoms with Crippen molar-refractivity contribution in [3.05, 3.63) is 30.3 Å². The van der Waals surface area contributed by atoms with Crippen molar-refractivity contribution >= 4 is 42.9 Å². The number of hydrogen-bond donors (Lipinski definition) is 0. The number of nitrogens with zero attached hydrogens (tertiary/aromatic N) is 1. The number of esters is 2. The number of alkyl halides is 2. The predicted molar refractivity (Wildman–Crippen MR) is 217 cm³/mol. The van der Waals surface area contributed by atoms with Crippen LogP contribution in [0, 0.1) is 0 Å². The van der Waals surface area contributed by atoms with Crippen LogP contribution in [0.15, 0.2) is 30.3 Å². The van der Waals surface area contributed by atoms with Gasteiger partial charge in [0.15, 0.2) is 6.10 Å². The number of para-hydroxylation sites is 1. The van der Waals surface area contributed by atoms with Gasteiger partial charge in [0.05, 0.1) is 6.61 Å². The minimum atomic E-state index is -3.99. The standard InChI is InChI=1S/C41H72Cl2NO7P/c1-3-5-7-9-11-13-15-17-19-21-26-30-40(45)48-36-39(50-41(46)31-27-22-20-18-16-14-12-10-8-6-4-2)37-49-52(47,44(34-32-42)35-33-43)51-38-28-24-23-25-29-38/h23-25,28-29,39H,3-22,26-27,30-37H2,1-2H3/t39-,52-/m1/s1. The Morgan fingerprint density at radius 1 is 0.615 bits per heavy atom. The van der Waals surface area contributed by atoms with Gasteiger partial charge in [0, 0.05) is 37.7 Å². The van der Waals surface area contributed by atoms with Gasteiger partial charge in [-0.25, -0.2) is 4.57 Å². The van der Waals surface area contributed by atoms with E-state index in [4.69, 9.17) is 41.7 Å². The van der Waals surface area contributed by atoms with E-state index < -0.39 is 19.8 Å². The number of carbonyl (C=O) groups excluding carboxylic acids is 2. The summed E-state index contributed by atoms with van der Waals surface area (Å²) in [5.74, 6) is -0.0455. The lowest BCUT2D eigenvalue weighted by atomic mass is 10.1. The summed E-state index contributed by atoms with van der Waals surface area (Å²) in [5.41, 5.74) is 0. The Morgan fingerprint density at radius 3 is 1.48 bits per heavy atom. The molecular weight excluding hydrogens is 720 g/mol. The van der Waals surface area contributed by atoms with E-state index in [1.807, 2.05) is 6.07 Å². The monoisotopic (exact) mass is 791 g/mol. The second-order valence-electron chi connectivity index (χ2n) is 13.9. The number of rotatable bonds is 37. The van der Waals surface area contributed by atoms with Crippen LogP contribution < -0.4 is 4.52 Å². The van der Waals surface area contributed by atoms with Gasteiger partial charge in [0.2, 0.25) is 0 Å². The summed E-state index contributed by atoms with van der Waals surface area (Å²) in [4.78, 5) is 25.6. The second kappa shape index (κ2) is 34.2.